The molecule has 0 radical (unpaired) electrons. The van der Waals surface area contributed by atoms with Crippen molar-refractivity contribution >= 4 is 43.8 Å². The molecule has 13 heteroatoms. The van der Waals surface area contributed by atoms with Gasteiger partial charge in [0, 0.05) is 31.1 Å². The van der Waals surface area contributed by atoms with Crippen molar-refractivity contribution in [3.05, 3.63) is 34.3 Å². The zero-order chi connectivity index (χ0) is 22.1. The van der Waals surface area contributed by atoms with Crippen LogP contribution in [0.1, 0.15) is 12.1 Å². The highest BCUT2D eigenvalue weighted by Gasteiger charge is 2.46. The number of ketones is 1. The number of aliphatic carboxylic acids is 1. The first-order valence-corrected chi connectivity index (χ1v) is 11.7. The molecular formula is C17H21N5O6S2. The second-order valence-corrected chi connectivity index (χ2v) is 9.69. The lowest BCUT2D eigenvalue weighted by Crippen LogP contribution is -2.32. The van der Waals surface area contributed by atoms with E-state index in [2.05, 4.69) is 16.7 Å². The minimum absolute atomic E-state index is 0.00475. The third kappa shape index (κ3) is 4.37. The summed E-state index contributed by atoms with van der Waals surface area (Å²) in [6.07, 6.45) is 3.15. The number of rotatable bonds is 9. The van der Waals surface area contributed by atoms with Gasteiger partial charge in [-0.05, 0) is 0 Å². The van der Waals surface area contributed by atoms with Crippen molar-refractivity contribution in [1.29, 1.82) is 0 Å². The fourth-order valence-corrected chi connectivity index (χ4v) is 4.72. The minimum atomic E-state index is -3.69. The molecule has 3 rings (SSSR count). The monoisotopic (exact) mass is 455 g/mol. The molecule has 1 atom stereocenters. The van der Waals surface area contributed by atoms with Gasteiger partial charge in [0.15, 0.2) is 32.2 Å². The first-order chi connectivity index (χ1) is 14.1. The summed E-state index contributed by atoms with van der Waals surface area (Å²) in [7, 11) is -3.69. The van der Waals surface area contributed by atoms with Gasteiger partial charge in [-0.15, -0.1) is 17.9 Å². The van der Waals surface area contributed by atoms with E-state index in [4.69, 9.17) is 10.6 Å². The Balaban J connectivity index is 1.85. The molecule has 1 fully saturated rings. The van der Waals surface area contributed by atoms with Crippen LogP contribution >= 0.6 is 11.3 Å². The van der Waals surface area contributed by atoms with Gasteiger partial charge in [-0.25, -0.2) is 23.2 Å². The number of aromatic nitrogens is 1. The first-order valence-electron chi connectivity index (χ1n) is 8.88. The van der Waals surface area contributed by atoms with E-state index in [1.54, 1.807) is 11.5 Å². The number of carbonyl (C=O) groups is 2. The molecule has 0 aromatic carbocycles. The number of carboxylic acid groups (broad SMARTS) is 1. The van der Waals surface area contributed by atoms with E-state index in [1.807, 2.05) is 0 Å². The predicted molar refractivity (Wildman–Crippen MR) is 110 cm³/mol. The number of hydrogen-bond acceptors (Lipinski definition) is 11. The average Bonchev–Trinajstić information content (AvgIpc) is 3.34. The fraction of sp³-hybridized carbons (Fsp3) is 0.412. The van der Waals surface area contributed by atoms with Crippen LogP contribution in [0.5, 0.6) is 0 Å². The van der Waals surface area contributed by atoms with Crippen molar-refractivity contribution in [2.75, 3.05) is 38.2 Å². The number of anilines is 1. The van der Waals surface area contributed by atoms with Crippen LogP contribution in [0.15, 0.2) is 33.8 Å². The van der Waals surface area contributed by atoms with Gasteiger partial charge in [0.1, 0.15) is 12.3 Å². The standard InChI is InChI=1S/C17H21N5O6S2/c1-3-4-5-28-20-13(11-9-29-17(18)19-11)15(23)10-6-21-8-12(30(2,26)27)14(16(24)25)22(21)7-10/h3,9-10H,1,4-8H2,2H3,(H2,18,19)(H,24,25)/t10-/m0/s1. The van der Waals surface area contributed by atoms with Gasteiger partial charge >= 0.3 is 5.97 Å². The van der Waals surface area contributed by atoms with E-state index in [-0.39, 0.29) is 59.2 Å². The quantitative estimate of drug-likeness (QED) is 0.226. The van der Waals surface area contributed by atoms with Gasteiger partial charge in [-0.1, -0.05) is 11.2 Å². The SMILES string of the molecule is C=CCCON=C(C(=O)[C@H]1CN2CC(S(C)(=O)=O)=C(C(=O)O)N2C1)c1csc(N)n1. The summed E-state index contributed by atoms with van der Waals surface area (Å²) >= 11 is 1.15. The number of hydrazine groups is 1. The number of hydrogen-bond donors (Lipinski definition) is 2. The highest BCUT2D eigenvalue weighted by molar-refractivity contribution is 7.94. The minimum Gasteiger partial charge on any atom is -0.477 e. The van der Waals surface area contributed by atoms with Gasteiger partial charge < -0.3 is 15.7 Å². The van der Waals surface area contributed by atoms with Crippen LogP contribution in [0.4, 0.5) is 5.13 Å². The van der Waals surface area contributed by atoms with Crippen LogP contribution in [-0.4, -0.2) is 78.5 Å². The zero-order valence-electron chi connectivity index (χ0n) is 16.1. The topological polar surface area (TPSA) is 155 Å². The fourth-order valence-electron chi connectivity index (χ4n) is 3.24. The lowest BCUT2D eigenvalue weighted by molar-refractivity contribution is -0.135. The molecule has 11 nitrogen and oxygen atoms in total. The van der Waals surface area contributed by atoms with Crippen molar-refractivity contribution in [3.8, 4) is 0 Å². The second-order valence-electron chi connectivity index (χ2n) is 6.76. The maximum absolute atomic E-state index is 13.2. The molecule has 1 saturated heterocycles. The number of carboxylic acids is 1. The van der Waals surface area contributed by atoms with E-state index in [1.165, 1.54) is 10.0 Å². The van der Waals surface area contributed by atoms with Crippen LogP contribution in [0, 0.1) is 5.92 Å². The molecule has 162 valence electrons. The molecule has 1 aromatic heterocycles. The van der Waals surface area contributed by atoms with Gasteiger partial charge in [0.25, 0.3) is 0 Å². The molecule has 0 unspecified atom stereocenters. The van der Waals surface area contributed by atoms with Crippen LogP contribution in [0.2, 0.25) is 0 Å². The Morgan fingerprint density at radius 1 is 1.50 bits per heavy atom. The molecular weight excluding hydrogens is 434 g/mol. The Kier molecular flexibility index (Phi) is 6.24. The van der Waals surface area contributed by atoms with E-state index < -0.39 is 21.7 Å². The van der Waals surface area contributed by atoms with Gasteiger partial charge in [0.2, 0.25) is 0 Å². The molecule has 2 aliphatic heterocycles. The molecule has 0 spiro atoms. The van der Waals surface area contributed by atoms with Crippen molar-refractivity contribution in [3.63, 3.8) is 0 Å². The van der Waals surface area contributed by atoms with Crippen LogP contribution in [0.3, 0.4) is 0 Å². The highest BCUT2D eigenvalue weighted by Crippen LogP contribution is 2.33. The highest BCUT2D eigenvalue weighted by atomic mass is 32.2. The maximum atomic E-state index is 13.2. The number of nitrogens with two attached hydrogens (primary N) is 1. The molecule has 0 aliphatic carbocycles. The lowest BCUT2D eigenvalue weighted by atomic mass is 9.99. The van der Waals surface area contributed by atoms with Crippen LogP contribution in [0.25, 0.3) is 0 Å². The summed E-state index contributed by atoms with van der Waals surface area (Å²) in [6.45, 7) is 3.86. The molecule has 30 heavy (non-hydrogen) atoms. The molecule has 0 amide bonds. The average molecular weight is 456 g/mol. The predicted octanol–water partition coefficient (Wildman–Crippen LogP) is 0.0944. The summed E-state index contributed by atoms with van der Waals surface area (Å²) < 4.78 is 23.9. The molecule has 3 heterocycles. The number of sulfone groups is 1. The normalized spacial score (nSPS) is 19.8. The number of thiazole rings is 1. The summed E-state index contributed by atoms with van der Waals surface area (Å²) in [5, 5.41) is 18.2. The summed E-state index contributed by atoms with van der Waals surface area (Å²) in [4.78, 5) is 34.0. The van der Waals surface area contributed by atoms with E-state index >= 15 is 0 Å². The second kappa shape index (κ2) is 8.53. The van der Waals surface area contributed by atoms with E-state index in [0.717, 1.165) is 17.6 Å². The lowest BCUT2D eigenvalue weighted by Gasteiger charge is -2.21. The number of nitrogen functional groups attached to an aromatic ring is 1. The molecule has 0 saturated carbocycles. The molecule has 2 aliphatic rings. The smallest absolute Gasteiger partial charge is 0.354 e. The Labute approximate surface area is 177 Å². The zero-order valence-corrected chi connectivity index (χ0v) is 17.8. The molecule has 1 aromatic rings. The summed E-state index contributed by atoms with van der Waals surface area (Å²) in [5.74, 6) is -2.40. The number of carbonyl (C=O) groups excluding carboxylic acids is 1. The van der Waals surface area contributed by atoms with Crippen molar-refractivity contribution < 1.29 is 28.0 Å². The van der Waals surface area contributed by atoms with Crippen molar-refractivity contribution in [2.45, 2.75) is 6.42 Å². The van der Waals surface area contributed by atoms with E-state index in [9.17, 15) is 23.1 Å². The van der Waals surface area contributed by atoms with Crippen molar-refractivity contribution in [2.24, 2.45) is 11.1 Å². The van der Waals surface area contributed by atoms with Gasteiger partial charge in [-0.3, -0.25) is 9.80 Å². The van der Waals surface area contributed by atoms with Gasteiger partial charge in [-0.2, -0.15) is 0 Å². The van der Waals surface area contributed by atoms with Crippen LogP contribution < -0.4 is 5.73 Å². The Morgan fingerprint density at radius 2 is 2.23 bits per heavy atom. The molecule has 0 bridgehead atoms. The number of fused-ring (bicyclic) bond motifs is 1. The number of nitrogens with zero attached hydrogens (tertiary/aromatic N) is 4. The third-order valence-corrected chi connectivity index (χ3v) is 6.49. The van der Waals surface area contributed by atoms with E-state index in [0.29, 0.717) is 6.42 Å². The van der Waals surface area contributed by atoms with Gasteiger partial charge in [0.05, 0.1) is 17.4 Å². The number of Topliss-reactive ketones (excluding diaryl/α,β-unsaturated/α-hetero) is 1. The number of oxime groups is 1. The first kappa shape index (κ1) is 21.9. The Bertz CT molecular complexity index is 1040. The summed E-state index contributed by atoms with van der Waals surface area (Å²) in [6, 6.07) is 0. The third-order valence-electron chi connectivity index (χ3n) is 4.60. The van der Waals surface area contributed by atoms with Crippen LogP contribution in [-0.2, 0) is 24.3 Å². The molecule has 3 N–H and O–H groups in total. The van der Waals surface area contributed by atoms with Crippen molar-refractivity contribution in [1.82, 2.24) is 15.0 Å². The summed E-state index contributed by atoms with van der Waals surface area (Å²) in [5.41, 5.74) is 5.61. The Morgan fingerprint density at radius 3 is 2.80 bits per heavy atom. The Hall–Kier alpha value is -2.77. The maximum Gasteiger partial charge on any atom is 0.354 e. The largest absolute Gasteiger partial charge is 0.477 e.